The molecule has 0 saturated heterocycles. The molecule has 4 rings (SSSR count). The number of nitrogens with one attached hydrogen (secondary N) is 1. The highest BCUT2D eigenvalue weighted by Crippen LogP contribution is 2.31. The van der Waals surface area contributed by atoms with Gasteiger partial charge in [-0.25, -0.2) is 16.8 Å². The number of hydrogen-bond donors (Lipinski definition) is 2. The Morgan fingerprint density at radius 2 is 1.87 bits per heavy atom. The number of nitrogens with zero attached hydrogens (tertiary/aromatic N) is 2. The lowest BCUT2D eigenvalue weighted by Gasteiger charge is -2.12. The monoisotopic (exact) mass is 439 g/mol. The van der Waals surface area contributed by atoms with E-state index in [1.165, 1.54) is 25.1 Å². The molecule has 0 unspecified atom stereocenters. The first-order valence-corrected chi connectivity index (χ1v) is 10.8. The van der Waals surface area contributed by atoms with Crippen molar-refractivity contribution < 1.29 is 22.7 Å². The van der Waals surface area contributed by atoms with Crippen LogP contribution in [0.3, 0.4) is 0 Å². The van der Waals surface area contributed by atoms with E-state index < -0.39 is 28.2 Å². The predicted molar refractivity (Wildman–Crippen MR) is 115 cm³/mol. The summed E-state index contributed by atoms with van der Waals surface area (Å²) in [5, 5.41) is 12.6. The average molecular weight is 439 g/mol. The van der Waals surface area contributed by atoms with Crippen molar-refractivity contribution in [3.05, 3.63) is 84.1 Å². The molecule has 0 aliphatic heterocycles. The lowest BCUT2D eigenvalue weighted by molar-refractivity contribution is -0.136. The van der Waals surface area contributed by atoms with Crippen molar-refractivity contribution in [3.8, 4) is 0 Å². The molecule has 7 nitrogen and oxygen atoms in total. The highest BCUT2D eigenvalue weighted by Gasteiger charge is 2.26. The maximum absolute atomic E-state index is 13.8. The van der Waals surface area contributed by atoms with Gasteiger partial charge in [-0.05, 0) is 67.1 Å². The van der Waals surface area contributed by atoms with Crippen molar-refractivity contribution in [2.24, 2.45) is 0 Å². The van der Waals surface area contributed by atoms with Gasteiger partial charge in [0.25, 0.3) is 10.0 Å². The second kappa shape index (κ2) is 7.84. The smallest absolute Gasteiger partial charge is 0.307 e. The molecule has 2 N–H and O–H groups in total. The summed E-state index contributed by atoms with van der Waals surface area (Å²) in [5.41, 5.74) is 2.16. The average Bonchev–Trinajstić information content (AvgIpc) is 3.00. The van der Waals surface area contributed by atoms with Gasteiger partial charge in [0.2, 0.25) is 0 Å². The third kappa shape index (κ3) is 3.87. The Morgan fingerprint density at radius 3 is 2.52 bits per heavy atom. The molecule has 0 spiro atoms. The molecule has 4 aromatic rings. The highest BCUT2D eigenvalue weighted by molar-refractivity contribution is 7.90. The number of pyridine rings is 1. The fraction of sp³-hybridized carbons (Fsp3) is 0.0909. The van der Waals surface area contributed by atoms with Crippen LogP contribution in [0.5, 0.6) is 0 Å². The molecule has 2 aromatic carbocycles. The number of halogens is 1. The second-order valence-electron chi connectivity index (χ2n) is 6.96. The number of fused-ring (bicyclic) bond motifs is 1. The van der Waals surface area contributed by atoms with E-state index in [1.807, 2.05) is 6.07 Å². The Kier molecular flexibility index (Phi) is 5.20. The molecule has 0 amide bonds. The van der Waals surface area contributed by atoms with Crippen LogP contribution in [0.4, 0.5) is 15.8 Å². The Balaban J connectivity index is 1.78. The summed E-state index contributed by atoms with van der Waals surface area (Å²) in [6.07, 6.45) is 2.88. The van der Waals surface area contributed by atoms with E-state index in [-0.39, 0.29) is 27.1 Å². The number of carboxylic acids is 1. The van der Waals surface area contributed by atoms with Gasteiger partial charge < -0.3 is 10.4 Å². The fourth-order valence-corrected chi connectivity index (χ4v) is 5.11. The molecule has 0 fully saturated rings. The van der Waals surface area contributed by atoms with Crippen molar-refractivity contribution in [3.63, 3.8) is 0 Å². The first kappa shape index (κ1) is 20.5. The summed E-state index contributed by atoms with van der Waals surface area (Å²) in [4.78, 5) is 15.3. The molecular formula is C22H18FN3O4S. The van der Waals surface area contributed by atoms with Gasteiger partial charge in [0.15, 0.2) is 0 Å². The summed E-state index contributed by atoms with van der Waals surface area (Å²) in [6, 6.07) is 13.4. The van der Waals surface area contributed by atoms with Gasteiger partial charge in [-0.2, -0.15) is 0 Å². The van der Waals surface area contributed by atoms with Crippen molar-refractivity contribution >= 4 is 38.3 Å². The molecule has 0 aliphatic rings. The van der Waals surface area contributed by atoms with Crippen LogP contribution in [0.2, 0.25) is 0 Å². The number of aliphatic carboxylic acids is 1. The highest BCUT2D eigenvalue weighted by atomic mass is 32.2. The standard InChI is InChI=1S/C22H18FN3O4S/c1-14-19(12-22(27)28)20-11-15(23)4-9-21(20)26(14)31(29,30)18-7-5-16(6-8-18)25-17-3-2-10-24-13-17/h2-11,13,25H,12H2,1H3,(H,27,28). The number of hydrogen-bond acceptors (Lipinski definition) is 5. The quantitative estimate of drug-likeness (QED) is 0.469. The molecule has 9 heteroatoms. The molecule has 2 heterocycles. The van der Waals surface area contributed by atoms with Crippen LogP contribution in [0.25, 0.3) is 10.9 Å². The van der Waals surface area contributed by atoms with Gasteiger partial charge in [0.05, 0.1) is 28.7 Å². The Hall–Kier alpha value is -3.72. The van der Waals surface area contributed by atoms with Gasteiger partial charge >= 0.3 is 5.97 Å². The number of rotatable bonds is 6. The molecule has 0 atom stereocenters. The zero-order chi connectivity index (χ0) is 22.2. The van der Waals surface area contributed by atoms with Crippen LogP contribution >= 0.6 is 0 Å². The van der Waals surface area contributed by atoms with E-state index >= 15 is 0 Å². The summed E-state index contributed by atoms with van der Waals surface area (Å²) >= 11 is 0. The lowest BCUT2D eigenvalue weighted by Crippen LogP contribution is -2.15. The number of benzene rings is 2. The molecule has 0 bridgehead atoms. The van der Waals surface area contributed by atoms with Crippen LogP contribution in [-0.2, 0) is 21.2 Å². The van der Waals surface area contributed by atoms with E-state index in [4.69, 9.17) is 0 Å². The van der Waals surface area contributed by atoms with E-state index in [0.29, 0.717) is 5.69 Å². The molecule has 0 aliphatic carbocycles. The Morgan fingerprint density at radius 1 is 1.13 bits per heavy atom. The third-order valence-corrected chi connectivity index (χ3v) is 6.73. The summed E-state index contributed by atoms with van der Waals surface area (Å²) < 4.78 is 41.7. The first-order valence-electron chi connectivity index (χ1n) is 9.31. The van der Waals surface area contributed by atoms with Gasteiger partial charge in [-0.15, -0.1) is 0 Å². The summed E-state index contributed by atoms with van der Waals surface area (Å²) in [7, 11) is -4.05. The number of aromatic nitrogens is 2. The second-order valence-corrected chi connectivity index (χ2v) is 8.74. The Labute approximate surface area is 177 Å². The minimum absolute atomic E-state index is 0.0236. The third-order valence-electron chi connectivity index (χ3n) is 4.91. The van der Waals surface area contributed by atoms with Gasteiger partial charge in [-0.3, -0.25) is 9.78 Å². The maximum atomic E-state index is 13.8. The normalized spacial score (nSPS) is 11.5. The van der Waals surface area contributed by atoms with E-state index in [9.17, 15) is 22.7 Å². The van der Waals surface area contributed by atoms with Crippen molar-refractivity contribution in [1.82, 2.24) is 8.96 Å². The number of carbonyl (C=O) groups is 1. The fourth-order valence-electron chi connectivity index (χ4n) is 3.53. The molecule has 2 aromatic heterocycles. The summed E-state index contributed by atoms with van der Waals surface area (Å²) in [6.45, 7) is 1.52. The van der Waals surface area contributed by atoms with E-state index in [2.05, 4.69) is 10.3 Å². The molecule has 0 radical (unpaired) electrons. The molecular weight excluding hydrogens is 421 g/mol. The predicted octanol–water partition coefficient (Wildman–Crippen LogP) is 4.09. The topological polar surface area (TPSA) is 101 Å². The molecule has 31 heavy (non-hydrogen) atoms. The Bertz CT molecular complexity index is 1380. The molecule has 158 valence electrons. The zero-order valence-electron chi connectivity index (χ0n) is 16.4. The minimum Gasteiger partial charge on any atom is -0.481 e. The SMILES string of the molecule is Cc1c(CC(=O)O)c2cc(F)ccc2n1S(=O)(=O)c1ccc(Nc2cccnc2)cc1. The lowest BCUT2D eigenvalue weighted by atomic mass is 10.1. The van der Waals surface area contributed by atoms with E-state index in [1.54, 1.807) is 30.6 Å². The number of anilines is 2. The van der Waals surface area contributed by atoms with Crippen LogP contribution < -0.4 is 5.32 Å². The molecule has 0 saturated carbocycles. The first-order chi connectivity index (χ1) is 14.8. The van der Waals surface area contributed by atoms with Crippen molar-refractivity contribution in [2.45, 2.75) is 18.2 Å². The van der Waals surface area contributed by atoms with Crippen LogP contribution in [0.15, 0.2) is 71.9 Å². The van der Waals surface area contributed by atoms with Crippen LogP contribution in [0.1, 0.15) is 11.3 Å². The maximum Gasteiger partial charge on any atom is 0.307 e. The van der Waals surface area contributed by atoms with Crippen LogP contribution in [0, 0.1) is 12.7 Å². The largest absolute Gasteiger partial charge is 0.481 e. The van der Waals surface area contributed by atoms with Crippen LogP contribution in [-0.4, -0.2) is 28.5 Å². The van der Waals surface area contributed by atoms with Gasteiger partial charge in [0.1, 0.15) is 5.82 Å². The minimum atomic E-state index is -4.05. The van der Waals surface area contributed by atoms with E-state index in [0.717, 1.165) is 21.8 Å². The van der Waals surface area contributed by atoms with Crippen molar-refractivity contribution in [2.75, 3.05) is 5.32 Å². The van der Waals surface area contributed by atoms with Crippen molar-refractivity contribution in [1.29, 1.82) is 0 Å². The summed E-state index contributed by atoms with van der Waals surface area (Å²) in [5.74, 6) is -1.70. The zero-order valence-corrected chi connectivity index (χ0v) is 17.2. The van der Waals surface area contributed by atoms with Gasteiger partial charge in [-0.1, -0.05) is 0 Å². The number of carboxylic acid groups (broad SMARTS) is 1. The van der Waals surface area contributed by atoms with Gasteiger partial charge in [0, 0.05) is 23.0 Å².